The van der Waals surface area contributed by atoms with Crippen LogP contribution in [0.1, 0.15) is 17.0 Å². The fourth-order valence-corrected chi connectivity index (χ4v) is 4.66. The summed E-state index contributed by atoms with van der Waals surface area (Å²) < 4.78 is 35.0. The molecule has 0 spiro atoms. The van der Waals surface area contributed by atoms with Crippen molar-refractivity contribution in [1.29, 1.82) is 0 Å². The molecule has 0 aliphatic carbocycles. The van der Waals surface area contributed by atoms with Crippen molar-refractivity contribution < 1.29 is 13.2 Å². The zero-order valence-electron chi connectivity index (χ0n) is 17.2. The maximum Gasteiger partial charge on any atom is 0.267 e. The van der Waals surface area contributed by atoms with Gasteiger partial charge in [0, 0.05) is 0 Å². The van der Waals surface area contributed by atoms with Crippen LogP contribution in [0.3, 0.4) is 0 Å². The Morgan fingerprint density at radius 3 is 2.52 bits per heavy atom. The highest BCUT2D eigenvalue weighted by molar-refractivity contribution is 7.92. The maximum atomic E-state index is 13.5. The third-order valence-electron chi connectivity index (χ3n) is 4.81. The highest BCUT2D eigenvalue weighted by Crippen LogP contribution is 2.26. The van der Waals surface area contributed by atoms with Gasteiger partial charge in [-0.2, -0.15) is 9.50 Å². The molecule has 160 valence electrons. The van der Waals surface area contributed by atoms with Crippen LogP contribution in [0.2, 0.25) is 5.02 Å². The van der Waals surface area contributed by atoms with Crippen LogP contribution in [0, 0.1) is 13.8 Å². The Hall–Kier alpha value is -3.17. The first kappa shape index (κ1) is 21.1. The fraction of sp³-hybridized carbons (Fsp3) is 0.190. The minimum absolute atomic E-state index is 0.00365. The van der Waals surface area contributed by atoms with Crippen molar-refractivity contribution in [3.05, 3.63) is 76.6 Å². The number of fused-ring (bicyclic) bond motifs is 1. The Labute approximate surface area is 185 Å². The molecule has 0 bridgehead atoms. The van der Waals surface area contributed by atoms with Gasteiger partial charge >= 0.3 is 0 Å². The number of nitrogens with zero attached hydrogens (tertiary/aromatic N) is 5. The molecule has 0 radical (unpaired) electrons. The summed E-state index contributed by atoms with van der Waals surface area (Å²) in [7, 11) is -2.40. The highest BCUT2D eigenvalue weighted by atomic mass is 35.5. The van der Waals surface area contributed by atoms with E-state index in [1.165, 1.54) is 16.6 Å². The van der Waals surface area contributed by atoms with Crippen LogP contribution in [-0.4, -0.2) is 35.1 Å². The van der Waals surface area contributed by atoms with Crippen molar-refractivity contribution in [2.45, 2.75) is 25.3 Å². The molecule has 8 nitrogen and oxygen atoms in total. The third-order valence-corrected chi connectivity index (χ3v) is 7.10. The zero-order valence-corrected chi connectivity index (χ0v) is 18.7. The molecule has 0 atom stereocenters. The van der Waals surface area contributed by atoms with Gasteiger partial charge in [0.05, 0.1) is 35.0 Å². The SMILES string of the molecule is COc1cccc(CN(c2nc3nc(C)c(Cl)c(C)n3n2)S(=O)(=O)c2ccccc2)c1. The van der Waals surface area contributed by atoms with Crippen molar-refractivity contribution in [2.75, 3.05) is 11.4 Å². The number of aromatic nitrogens is 4. The molecule has 10 heteroatoms. The first-order valence-corrected chi connectivity index (χ1v) is 11.2. The normalized spacial score (nSPS) is 11.6. The molecule has 0 aliphatic heterocycles. The molecular weight excluding hydrogens is 438 g/mol. The number of ether oxygens (including phenoxy) is 1. The number of rotatable bonds is 6. The Morgan fingerprint density at radius 2 is 1.81 bits per heavy atom. The van der Waals surface area contributed by atoms with E-state index in [2.05, 4.69) is 15.1 Å². The summed E-state index contributed by atoms with van der Waals surface area (Å²) in [6.07, 6.45) is 0. The van der Waals surface area contributed by atoms with Crippen molar-refractivity contribution in [2.24, 2.45) is 0 Å². The monoisotopic (exact) mass is 457 g/mol. The molecule has 31 heavy (non-hydrogen) atoms. The standard InChI is InChI=1S/C21H20ClN5O3S/c1-14-19(22)15(2)27-20(23-14)24-21(25-27)26(13-16-8-7-9-17(12-16)30-3)31(28,29)18-10-5-4-6-11-18/h4-12H,13H2,1-3H3. The second-order valence-corrected chi connectivity index (χ2v) is 9.14. The van der Waals surface area contributed by atoms with E-state index in [9.17, 15) is 8.42 Å². The topological polar surface area (TPSA) is 89.7 Å². The lowest BCUT2D eigenvalue weighted by molar-refractivity contribution is 0.414. The first-order valence-electron chi connectivity index (χ1n) is 9.41. The lowest BCUT2D eigenvalue weighted by Gasteiger charge is -2.21. The van der Waals surface area contributed by atoms with Gasteiger partial charge in [0.1, 0.15) is 5.75 Å². The molecule has 4 aromatic rings. The fourth-order valence-electron chi connectivity index (χ4n) is 3.17. The van der Waals surface area contributed by atoms with E-state index in [0.717, 1.165) is 9.87 Å². The smallest absolute Gasteiger partial charge is 0.267 e. The summed E-state index contributed by atoms with van der Waals surface area (Å²) in [6, 6.07) is 15.3. The van der Waals surface area contributed by atoms with E-state index in [-0.39, 0.29) is 23.2 Å². The Morgan fingerprint density at radius 1 is 1.06 bits per heavy atom. The molecule has 0 saturated heterocycles. The van der Waals surface area contributed by atoms with E-state index >= 15 is 0 Å². The minimum atomic E-state index is -3.96. The number of methoxy groups -OCH3 is 1. The van der Waals surface area contributed by atoms with Gasteiger partial charge in [-0.15, -0.1) is 5.10 Å². The molecule has 0 unspecified atom stereocenters. The van der Waals surface area contributed by atoms with Gasteiger partial charge < -0.3 is 4.74 Å². The summed E-state index contributed by atoms with van der Waals surface area (Å²) in [6.45, 7) is 3.55. The Kier molecular flexibility index (Phi) is 5.55. The molecule has 0 N–H and O–H groups in total. The van der Waals surface area contributed by atoms with Crippen LogP contribution in [0.5, 0.6) is 5.75 Å². The van der Waals surface area contributed by atoms with Crippen molar-refractivity contribution in [3.8, 4) is 5.75 Å². The van der Waals surface area contributed by atoms with Gasteiger partial charge in [0.15, 0.2) is 0 Å². The first-order chi connectivity index (χ1) is 14.8. The Bertz CT molecular complexity index is 1360. The number of aryl methyl sites for hydroxylation is 2. The van der Waals surface area contributed by atoms with Gasteiger partial charge in [0.25, 0.3) is 21.7 Å². The average Bonchev–Trinajstić information content (AvgIpc) is 3.20. The predicted octanol–water partition coefficient (Wildman–Crippen LogP) is 3.80. The van der Waals surface area contributed by atoms with Crippen LogP contribution >= 0.6 is 11.6 Å². The van der Waals surface area contributed by atoms with E-state index in [1.54, 1.807) is 57.4 Å². The second-order valence-electron chi connectivity index (χ2n) is 6.90. The number of sulfonamides is 1. The Balaban J connectivity index is 1.88. The summed E-state index contributed by atoms with van der Waals surface area (Å²) in [4.78, 5) is 8.88. The predicted molar refractivity (Wildman–Crippen MR) is 118 cm³/mol. The molecule has 0 fully saturated rings. The van der Waals surface area contributed by atoms with Crippen LogP contribution in [0.25, 0.3) is 5.78 Å². The van der Waals surface area contributed by atoms with Crippen molar-refractivity contribution in [1.82, 2.24) is 19.6 Å². The van der Waals surface area contributed by atoms with Gasteiger partial charge in [-0.1, -0.05) is 41.9 Å². The highest BCUT2D eigenvalue weighted by Gasteiger charge is 2.29. The second kappa shape index (κ2) is 8.16. The van der Waals surface area contributed by atoms with Gasteiger partial charge in [-0.05, 0) is 43.7 Å². The van der Waals surface area contributed by atoms with E-state index < -0.39 is 10.0 Å². The van der Waals surface area contributed by atoms with Crippen LogP contribution in [0.4, 0.5) is 5.95 Å². The van der Waals surface area contributed by atoms with Crippen molar-refractivity contribution in [3.63, 3.8) is 0 Å². The molecule has 4 rings (SSSR count). The van der Waals surface area contributed by atoms with E-state index in [4.69, 9.17) is 16.3 Å². The molecule has 0 amide bonds. The summed E-state index contributed by atoms with van der Waals surface area (Å²) in [5.74, 6) is 0.898. The average molecular weight is 458 g/mol. The lowest BCUT2D eigenvalue weighted by atomic mass is 10.2. The van der Waals surface area contributed by atoms with Crippen LogP contribution in [0.15, 0.2) is 59.5 Å². The quantitative estimate of drug-likeness (QED) is 0.437. The zero-order chi connectivity index (χ0) is 22.2. The lowest BCUT2D eigenvalue weighted by Crippen LogP contribution is -2.31. The number of halogens is 1. The molecule has 0 aliphatic rings. The number of hydrogen-bond donors (Lipinski definition) is 0. The van der Waals surface area contributed by atoms with Crippen molar-refractivity contribution >= 4 is 33.4 Å². The van der Waals surface area contributed by atoms with Gasteiger partial charge in [-0.25, -0.2) is 17.7 Å². The largest absolute Gasteiger partial charge is 0.497 e. The molecule has 2 heterocycles. The number of hydrogen-bond acceptors (Lipinski definition) is 6. The summed E-state index contributed by atoms with van der Waals surface area (Å²) in [5, 5.41) is 4.87. The van der Waals surface area contributed by atoms with E-state index in [1.807, 2.05) is 6.07 Å². The number of anilines is 1. The van der Waals surface area contributed by atoms with Gasteiger partial charge in [-0.3, -0.25) is 0 Å². The number of benzene rings is 2. The molecule has 2 aromatic carbocycles. The summed E-state index contributed by atoms with van der Waals surface area (Å²) in [5.41, 5.74) is 1.94. The maximum absolute atomic E-state index is 13.5. The van der Waals surface area contributed by atoms with Gasteiger partial charge in [0.2, 0.25) is 0 Å². The van der Waals surface area contributed by atoms with Crippen LogP contribution < -0.4 is 9.04 Å². The molecular formula is C21H20ClN5O3S. The summed E-state index contributed by atoms with van der Waals surface area (Å²) >= 11 is 6.30. The molecule has 2 aromatic heterocycles. The minimum Gasteiger partial charge on any atom is -0.497 e. The molecule has 0 saturated carbocycles. The van der Waals surface area contributed by atoms with Crippen LogP contribution in [-0.2, 0) is 16.6 Å². The third kappa shape index (κ3) is 3.94. The van der Waals surface area contributed by atoms with E-state index in [0.29, 0.717) is 22.2 Å².